The van der Waals surface area contributed by atoms with Crippen molar-refractivity contribution in [3.05, 3.63) is 0 Å². The van der Waals surface area contributed by atoms with Gasteiger partial charge in [0.05, 0.1) is 6.10 Å². The van der Waals surface area contributed by atoms with Crippen molar-refractivity contribution < 1.29 is 19.8 Å². The van der Waals surface area contributed by atoms with E-state index in [1.54, 1.807) is 0 Å². The number of carbonyl (C=O) groups is 2. The van der Waals surface area contributed by atoms with Crippen molar-refractivity contribution in [2.75, 3.05) is 0 Å². The van der Waals surface area contributed by atoms with Crippen LogP contribution in [0.2, 0.25) is 0 Å². The van der Waals surface area contributed by atoms with Crippen LogP contribution in [0.15, 0.2) is 0 Å². The first-order valence-electron chi connectivity index (χ1n) is 12.2. The van der Waals surface area contributed by atoms with Crippen molar-refractivity contribution >= 4 is 11.8 Å². The third-order valence-electron chi connectivity index (χ3n) is 10.3. The first-order chi connectivity index (χ1) is 13.7. The van der Waals surface area contributed by atoms with Gasteiger partial charge in [0.2, 0.25) is 0 Å². The quantitative estimate of drug-likeness (QED) is 0.670. The van der Waals surface area contributed by atoms with Gasteiger partial charge in [-0.3, -0.25) is 9.59 Å². The maximum atomic E-state index is 13.8. The molecule has 164 valence electrons. The summed E-state index contributed by atoms with van der Waals surface area (Å²) in [5.74, 6) is 2.00. The molecule has 4 fully saturated rings. The molecule has 0 amide bonds. The van der Waals surface area contributed by atoms with Crippen LogP contribution in [0.1, 0.15) is 91.4 Å². The second-order valence-electron chi connectivity index (χ2n) is 11.3. The van der Waals surface area contributed by atoms with Gasteiger partial charge in [-0.15, -0.1) is 0 Å². The van der Waals surface area contributed by atoms with Crippen LogP contribution >= 0.6 is 0 Å². The van der Waals surface area contributed by atoms with Gasteiger partial charge in [0.1, 0.15) is 5.78 Å². The Morgan fingerprint density at radius 3 is 2.41 bits per heavy atom. The van der Waals surface area contributed by atoms with E-state index in [4.69, 9.17) is 5.11 Å². The minimum absolute atomic E-state index is 0.115. The van der Waals surface area contributed by atoms with E-state index in [2.05, 4.69) is 20.8 Å². The first kappa shape index (κ1) is 21.3. The SMILES string of the molecule is CC[C@H]1C(=O)C2C3CC[C@H](CCCC(=O)O)[C@@]3(C)CCC2[C@@]2(C)CC[C@@H](O)C[C@@H]12. The summed E-state index contributed by atoms with van der Waals surface area (Å²) in [7, 11) is 0. The second-order valence-corrected chi connectivity index (χ2v) is 11.3. The molecule has 4 rings (SSSR count). The second kappa shape index (κ2) is 7.66. The molecule has 0 aliphatic heterocycles. The molecule has 9 atom stereocenters. The number of carboxylic acids is 1. The summed E-state index contributed by atoms with van der Waals surface area (Å²) in [6.07, 6.45) is 10.1. The molecule has 0 heterocycles. The highest BCUT2D eigenvalue weighted by atomic mass is 16.4. The van der Waals surface area contributed by atoms with Crippen LogP contribution in [0.4, 0.5) is 0 Å². The lowest BCUT2D eigenvalue weighted by Gasteiger charge is -2.62. The van der Waals surface area contributed by atoms with Crippen LogP contribution in [0.5, 0.6) is 0 Å². The van der Waals surface area contributed by atoms with Crippen molar-refractivity contribution in [3.8, 4) is 0 Å². The molecular formula is C25H40O4. The lowest BCUT2D eigenvalue weighted by molar-refractivity contribution is -0.172. The van der Waals surface area contributed by atoms with E-state index in [0.717, 1.165) is 57.8 Å². The number of carbonyl (C=O) groups excluding carboxylic acids is 1. The van der Waals surface area contributed by atoms with E-state index in [1.807, 2.05) is 0 Å². The molecule has 0 saturated heterocycles. The topological polar surface area (TPSA) is 74.6 Å². The van der Waals surface area contributed by atoms with E-state index in [-0.39, 0.29) is 35.2 Å². The summed E-state index contributed by atoms with van der Waals surface area (Å²) in [6, 6.07) is 0. The van der Waals surface area contributed by atoms with Gasteiger partial charge < -0.3 is 10.2 Å². The molecule has 29 heavy (non-hydrogen) atoms. The number of fused-ring (bicyclic) bond motifs is 5. The van der Waals surface area contributed by atoms with Crippen molar-refractivity contribution in [1.82, 2.24) is 0 Å². The highest BCUT2D eigenvalue weighted by molar-refractivity contribution is 5.86. The summed E-state index contributed by atoms with van der Waals surface area (Å²) in [5.41, 5.74) is 0.395. The Labute approximate surface area is 175 Å². The Morgan fingerprint density at radius 2 is 1.72 bits per heavy atom. The maximum Gasteiger partial charge on any atom is 0.303 e. The minimum Gasteiger partial charge on any atom is -0.481 e. The average molecular weight is 405 g/mol. The van der Waals surface area contributed by atoms with E-state index in [1.165, 1.54) is 6.42 Å². The smallest absolute Gasteiger partial charge is 0.303 e. The lowest BCUT2D eigenvalue weighted by atomic mass is 9.42. The zero-order valence-corrected chi connectivity index (χ0v) is 18.5. The molecule has 0 aromatic rings. The molecule has 0 bridgehead atoms. The number of rotatable bonds is 5. The summed E-state index contributed by atoms with van der Waals surface area (Å²) in [4.78, 5) is 24.8. The van der Waals surface area contributed by atoms with Crippen LogP contribution in [0, 0.1) is 46.3 Å². The normalized spacial score (nSPS) is 49.2. The van der Waals surface area contributed by atoms with Crippen LogP contribution in [-0.2, 0) is 9.59 Å². The zero-order chi connectivity index (χ0) is 21.0. The molecule has 4 nitrogen and oxygen atoms in total. The number of aliphatic hydroxyl groups excluding tert-OH is 1. The van der Waals surface area contributed by atoms with Gasteiger partial charge in [-0.1, -0.05) is 20.8 Å². The summed E-state index contributed by atoms with van der Waals surface area (Å²) in [5, 5.41) is 19.4. The first-order valence-corrected chi connectivity index (χ1v) is 12.2. The summed E-state index contributed by atoms with van der Waals surface area (Å²) in [6.45, 7) is 7.02. The van der Waals surface area contributed by atoms with Crippen LogP contribution in [0.25, 0.3) is 0 Å². The van der Waals surface area contributed by atoms with E-state index < -0.39 is 5.97 Å². The largest absolute Gasteiger partial charge is 0.481 e. The minimum atomic E-state index is -0.694. The average Bonchev–Trinajstić information content (AvgIpc) is 3.00. The maximum absolute atomic E-state index is 13.8. The lowest BCUT2D eigenvalue weighted by Crippen LogP contribution is -2.60. The van der Waals surface area contributed by atoms with Crippen LogP contribution in [0.3, 0.4) is 0 Å². The van der Waals surface area contributed by atoms with Gasteiger partial charge in [0.15, 0.2) is 0 Å². The number of ketones is 1. The van der Waals surface area contributed by atoms with Crippen LogP contribution < -0.4 is 0 Å². The molecule has 4 aliphatic rings. The number of hydrogen-bond donors (Lipinski definition) is 2. The molecule has 0 spiro atoms. The summed E-state index contributed by atoms with van der Waals surface area (Å²) < 4.78 is 0. The Balaban J connectivity index is 1.60. The zero-order valence-electron chi connectivity index (χ0n) is 18.5. The van der Waals surface area contributed by atoms with Gasteiger partial charge >= 0.3 is 5.97 Å². The highest BCUT2D eigenvalue weighted by Gasteiger charge is 2.64. The van der Waals surface area contributed by atoms with Crippen molar-refractivity contribution in [2.24, 2.45) is 46.3 Å². The standard InChI is InChI=1S/C25H40O4/c1-4-17-20-14-16(26)10-12-25(20,3)19-11-13-24(2)15(6-5-7-21(27)28)8-9-18(24)22(19)23(17)29/h15-20,22,26H,4-14H2,1-3H3,(H,27,28)/t15-,16+,17+,18?,19?,20-,22?,24+,25+/m0/s1. The Morgan fingerprint density at radius 1 is 1.03 bits per heavy atom. The highest BCUT2D eigenvalue weighted by Crippen LogP contribution is 2.68. The molecular weight excluding hydrogens is 364 g/mol. The molecule has 2 N–H and O–H groups in total. The Bertz CT molecular complexity index is 659. The van der Waals surface area contributed by atoms with Crippen molar-refractivity contribution in [1.29, 1.82) is 0 Å². The van der Waals surface area contributed by atoms with Crippen molar-refractivity contribution in [3.63, 3.8) is 0 Å². The van der Waals surface area contributed by atoms with Gasteiger partial charge in [-0.25, -0.2) is 0 Å². The van der Waals surface area contributed by atoms with Gasteiger partial charge in [-0.2, -0.15) is 0 Å². The fourth-order valence-electron chi connectivity index (χ4n) is 8.72. The van der Waals surface area contributed by atoms with E-state index in [0.29, 0.717) is 29.5 Å². The number of carboxylic acid groups (broad SMARTS) is 1. The predicted molar refractivity (Wildman–Crippen MR) is 112 cm³/mol. The van der Waals surface area contributed by atoms with Gasteiger partial charge in [-0.05, 0) is 98.7 Å². The molecule has 4 heteroatoms. The Kier molecular flexibility index (Phi) is 5.63. The molecule has 4 saturated carbocycles. The van der Waals surface area contributed by atoms with Gasteiger partial charge in [0, 0.05) is 18.3 Å². The fourth-order valence-corrected chi connectivity index (χ4v) is 8.72. The van der Waals surface area contributed by atoms with E-state index in [9.17, 15) is 14.7 Å². The molecule has 0 aromatic carbocycles. The van der Waals surface area contributed by atoms with Gasteiger partial charge in [0.25, 0.3) is 0 Å². The van der Waals surface area contributed by atoms with E-state index >= 15 is 0 Å². The number of hydrogen-bond acceptors (Lipinski definition) is 3. The fraction of sp³-hybridized carbons (Fsp3) is 0.920. The van der Waals surface area contributed by atoms with Crippen LogP contribution in [-0.4, -0.2) is 28.1 Å². The molecule has 4 aliphatic carbocycles. The molecule has 3 unspecified atom stereocenters. The summed E-state index contributed by atoms with van der Waals surface area (Å²) >= 11 is 0. The number of aliphatic hydroxyl groups is 1. The van der Waals surface area contributed by atoms with Crippen molar-refractivity contribution in [2.45, 2.75) is 97.5 Å². The molecule has 0 aromatic heterocycles. The Hall–Kier alpha value is -0.900. The third-order valence-corrected chi connectivity index (χ3v) is 10.3. The number of Topliss-reactive ketones (excluding diaryl/α,β-unsaturated/α-hetero) is 1. The molecule has 0 radical (unpaired) electrons. The predicted octanol–water partition coefficient (Wildman–Crippen LogP) is 5.08. The monoisotopic (exact) mass is 404 g/mol. The third kappa shape index (κ3) is 3.28. The number of aliphatic carboxylic acids is 1.